The lowest BCUT2D eigenvalue weighted by Gasteiger charge is -2.56. The molecule has 1 heterocycles. The lowest BCUT2D eigenvalue weighted by molar-refractivity contribution is -0.155. The molecule has 2 aliphatic rings. The standard InChI is InChI=1S/C21H28N2O3/c1-4-5-15-6-8-16(9-7-15)20-18(12-22(3)14(2)25)23(19(20)13-24)21(26)17-10-11-17/h4-9,17-20,24H,10-13H2,1-3H3/b5-4+/t18-,19+,20-/m0/s1. The second-order valence-corrected chi connectivity index (χ2v) is 7.43. The van der Waals surface area contributed by atoms with Crippen LogP contribution in [-0.4, -0.2) is 59.0 Å². The number of allylic oxidation sites excluding steroid dienone is 1. The largest absolute Gasteiger partial charge is 0.394 e. The smallest absolute Gasteiger partial charge is 0.226 e. The summed E-state index contributed by atoms with van der Waals surface area (Å²) >= 11 is 0. The van der Waals surface area contributed by atoms with Crippen molar-refractivity contribution >= 4 is 17.9 Å². The Morgan fingerprint density at radius 2 is 1.88 bits per heavy atom. The first-order chi connectivity index (χ1) is 12.5. The van der Waals surface area contributed by atoms with Crippen molar-refractivity contribution in [1.82, 2.24) is 9.80 Å². The van der Waals surface area contributed by atoms with Crippen LogP contribution >= 0.6 is 0 Å². The van der Waals surface area contributed by atoms with Gasteiger partial charge in [-0.1, -0.05) is 36.4 Å². The molecule has 1 saturated heterocycles. The van der Waals surface area contributed by atoms with E-state index in [-0.39, 0.29) is 42.3 Å². The number of rotatable bonds is 6. The molecule has 0 spiro atoms. The summed E-state index contributed by atoms with van der Waals surface area (Å²) < 4.78 is 0. The quantitative estimate of drug-likeness (QED) is 0.850. The average Bonchev–Trinajstić information content (AvgIpc) is 3.44. The number of amides is 2. The number of carbonyl (C=O) groups is 2. The number of aliphatic hydroxyl groups is 1. The van der Waals surface area contributed by atoms with Crippen molar-refractivity contribution in [2.24, 2.45) is 5.92 Å². The summed E-state index contributed by atoms with van der Waals surface area (Å²) in [6.07, 6.45) is 5.91. The number of likely N-dealkylation sites (tertiary alicyclic amines) is 1. The van der Waals surface area contributed by atoms with Crippen LogP contribution in [0.5, 0.6) is 0 Å². The molecule has 0 unspecified atom stereocenters. The lowest BCUT2D eigenvalue weighted by atomic mass is 9.74. The van der Waals surface area contributed by atoms with E-state index in [0.29, 0.717) is 6.54 Å². The zero-order valence-corrected chi connectivity index (χ0v) is 15.8. The Labute approximate surface area is 155 Å². The molecule has 140 valence electrons. The normalized spacial score (nSPS) is 25.2. The van der Waals surface area contributed by atoms with Crippen LogP contribution in [0.25, 0.3) is 6.08 Å². The Balaban J connectivity index is 1.86. The summed E-state index contributed by atoms with van der Waals surface area (Å²) in [4.78, 5) is 27.9. The highest BCUT2D eigenvalue weighted by Crippen LogP contribution is 2.44. The Morgan fingerprint density at radius 3 is 2.38 bits per heavy atom. The monoisotopic (exact) mass is 356 g/mol. The molecule has 0 bridgehead atoms. The molecular weight excluding hydrogens is 328 g/mol. The first-order valence-corrected chi connectivity index (χ1v) is 9.35. The van der Waals surface area contributed by atoms with E-state index < -0.39 is 0 Å². The predicted octanol–water partition coefficient (Wildman–Crippen LogP) is 2.26. The van der Waals surface area contributed by atoms with Gasteiger partial charge in [-0.2, -0.15) is 0 Å². The summed E-state index contributed by atoms with van der Waals surface area (Å²) in [5.74, 6) is 0.266. The fourth-order valence-corrected chi connectivity index (χ4v) is 3.89. The molecule has 1 aromatic rings. The third kappa shape index (κ3) is 3.54. The first kappa shape index (κ1) is 18.6. The van der Waals surface area contributed by atoms with Crippen LogP contribution in [0.3, 0.4) is 0 Å². The van der Waals surface area contributed by atoms with Crippen molar-refractivity contribution in [3.05, 3.63) is 41.5 Å². The predicted molar refractivity (Wildman–Crippen MR) is 101 cm³/mol. The van der Waals surface area contributed by atoms with E-state index in [1.54, 1.807) is 11.9 Å². The highest BCUT2D eigenvalue weighted by Gasteiger charge is 2.53. The van der Waals surface area contributed by atoms with Crippen LogP contribution < -0.4 is 0 Å². The second-order valence-electron chi connectivity index (χ2n) is 7.43. The molecule has 1 aliphatic heterocycles. The molecule has 2 fully saturated rings. The Kier molecular flexibility index (Phi) is 5.47. The van der Waals surface area contributed by atoms with Crippen LogP contribution in [0.4, 0.5) is 0 Å². The van der Waals surface area contributed by atoms with Gasteiger partial charge in [-0.25, -0.2) is 0 Å². The van der Waals surface area contributed by atoms with Gasteiger partial charge in [0.1, 0.15) is 0 Å². The van der Waals surface area contributed by atoms with Gasteiger partial charge >= 0.3 is 0 Å². The number of benzene rings is 1. The zero-order valence-electron chi connectivity index (χ0n) is 15.8. The van der Waals surface area contributed by atoms with Crippen molar-refractivity contribution in [2.45, 2.75) is 44.7 Å². The lowest BCUT2D eigenvalue weighted by Crippen LogP contribution is -2.68. The molecule has 1 saturated carbocycles. The van der Waals surface area contributed by atoms with Crippen LogP contribution in [-0.2, 0) is 9.59 Å². The van der Waals surface area contributed by atoms with Gasteiger partial charge in [0, 0.05) is 32.4 Å². The van der Waals surface area contributed by atoms with Gasteiger partial charge in [-0.3, -0.25) is 9.59 Å². The van der Waals surface area contributed by atoms with Crippen molar-refractivity contribution in [3.63, 3.8) is 0 Å². The summed E-state index contributed by atoms with van der Waals surface area (Å²) in [6.45, 7) is 3.96. The zero-order chi connectivity index (χ0) is 18.8. The molecule has 1 aliphatic carbocycles. The van der Waals surface area contributed by atoms with E-state index in [4.69, 9.17) is 0 Å². The number of hydrogen-bond donors (Lipinski definition) is 1. The highest BCUT2D eigenvalue weighted by molar-refractivity contribution is 5.83. The van der Waals surface area contributed by atoms with Gasteiger partial charge in [-0.05, 0) is 30.9 Å². The van der Waals surface area contributed by atoms with E-state index >= 15 is 0 Å². The third-order valence-corrected chi connectivity index (χ3v) is 5.59. The maximum absolute atomic E-state index is 12.7. The summed E-state index contributed by atoms with van der Waals surface area (Å²) in [6, 6.07) is 7.97. The summed E-state index contributed by atoms with van der Waals surface area (Å²) in [5, 5.41) is 9.95. The second kappa shape index (κ2) is 7.62. The molecule has 5 nitrogen and oxygen atoms in total. The van der Waals surface area contributed by atoms with E-state index in [1.165, 1.54) is 6.92 Å². The minimum absolute atomic E-state index is 0.0153. The van der Waals surface area contributed by atoms with Crippen LogP contribution in [0, 0.1) is 5.92 Å². The number of nitrogens with zero attached hydrogens (tertiary/aromatic N) is 2. The number of aliphatic hydroxyl groups excluding tert-OH is 1. The van der Waals surface area contributed by atoms with Crippen LogP contribution in [0.1, 0.15) is 43.7 Å². The molecule has 1 N–H and O–H groups in total. The molecule has 0 radical (unpaired) electrons. The highest BCUT2D eigenvalue weighted by atomic mass is 16.3. The Morgan fingerprint density at radius 1 is 1.23 bits per heavy atom. The van der Waals surface area contributed by atoms with Crippen LogP contribution in [0.15, 0.2) is 30.3 Å². The van der Waals surface area contributed by atoms with Crippen LogP contribution in [0.2, 0.25) is 0 Å². The molecular formula is C21H28N2O3. The molecule has 3 rings (SSSR count). The van der Waals surface area contributed by atoms with Gasteiger partial charge in [0.2, 0.25) is 11.8 Å². The van der Waals surface area contributed by atoms with E-state index in [0.717, 1.165) is 24.0 Å². The van der Waals surface area contributed by atoms with Crippen molar-refractivity contribution in [3.8, 4) is 0 Å². The molecule has 5 heteroatoms. The fourth-order valence-electron chi connectivity index (χ4n) is 3.89. The van der Waals surface area contributed by atoms with E-state index in [1.807, 2.05) is 24.0 Å². The Bertz CT molecular complexity index is 694. The van der Waals surface area contributed by atoms with Gasteiger partial charge in [-0.15, -0.1) is 0 Å². The molecule has 26 heavy (non-hydrogen) atoms. The Hall–Kier alpha value is -2.14. The average molecular weight is 356 g/mol. The SMILES string of the molecule is C/C=C/c1ccc([C@@H]2[C@@H](CO)N(C(=O)C3CC3)[C@H]2CN(C)C(C)=O)cc1. The maximum Gasteiger partial charge on any atom is 0.226 e. The number of carbonyl (C=O) groups excluding carboxylic acids is 2. The van der Waals surface area contributed by atoms with E-state index in [2.05, 4.69) is 24.3 Å². The molecule has 3 atom stereocenters. The molecule has 2 amide bonds. The van der Waals surface area contributed by atoms with Crippen molar-refractivity contribution < 1.29 is 14.7 Å². The number of hydrogen-bond acceptors (Lipinski definition) is 3. The van der Waals surface area contributed by atoms with Gasteiger partial charge in [0.25, 0.3) is 0 Å². The van der Waals surface area contributed by atoms with Gasteiger partial charge < -0.3 is 14.9 Å². The van der Waals surface area contributed by atoms with Crippen molar-refractivity contribution in [1.29, 1.82) is 0 Å². The fraction of sp³-hybridized carbons (Fsp3) is 0.524. The maximum atomic E-state index is 12.7. The molecule has 1 aromatic carbocycles. The van der Waals surface area contributed by atoms with E-state index in [9.17, 15) is 14.7 Å². The van der Waals surface area contributed by atoms with Gasteiger partial charge in [0.15, 0.2) is 0 Å². The first-order valence-electron chi connectivity index (χ1n) is 9.35. The van der Waals surface area contributed by atoms with Gasteiger partial charge in [0.05, 0.1) is 18.7 Å². The molecule has 0 aromatic heterocycles. The third-order valence-electron chi connectivity index (χ3n) is 5.59. The summed E-state index contributed by atoms with van der Waals surface area (Å²) in [7, 11) is 1.76. The summed E-state index contributed by atoms with van der Waals surface area (Å²) in [5.41, 5.74) is 2.23. The minimum Gasteiger partial charge on any atom is -0.394 e. The number of likely N-dealkylation sites (N-methyl/N-ethyl adjacent to an activating group) is 1. The van der Waals surface area contributed by atoms with Crippen molar-refractivity contribution in [2.75, 3.05) is 20.2 Å². The topological polar surface area (TPSA) is 60.9 Å². The minimum atomic E-state index is -0.207.